The summed E-state index contributed by atoms with van der Waals surface area (Å²) < 4.78 is 10.4. The van der Waals surface area contributed by atoms with E-state index in [1.165, 1.54) is 26.3 Å². The molecule has 0 saturated heterocycles. The molecule has 0 aliphatic carbocycles. The molecule has 1 atom stereocenters. The molecule has 0 bridgehead atoms. The van der Waals surface area contributed by atoms with Crippen molar-refractivity contribution < 1.29 is 23.9 Å². The summed E-state index contributed by atoms with van der Waals surface area (Å²) >= 11 is 6.14. The lowest BCUT2D eigenvalue weighted by molar-refractivity contribution is -0.123. The van der Waals surface area contributed by atoms with Gasteiger partial charge >= 0.3 is 0 Å². The van der Waals surface area contributed by atoms with Gasteiger partial charge in [-0.3, -0.25) is 14.4 Å². The van der Waals surface area contributed by atoms with Gasteiger partial charge in [0.15, 0.2) is 18.1 Å². The topological polar surface area (TPSA) is 120 Å². The van der Waals surface area contributed by atoms with Gasteiger partial charge in [-0.15, -0.1) is 0 Å². The average molecular weight is 386 g/mol. The molecule has 0 spiro atoms. The lowest BCUT2D eigenvalue weighted by Crippen LogP contribution is -2.46. The second-order valence-corrected chi connectivity index (χ2v) is 6.42. The number of amides is 3. The van der Waals surface area contributed by atoms with Crippen LogP contribution in [0.4, 0.5) is 0 Å². The van der Waals surface area contributed by atoms with Crippen molar-refractivity contribution in [1.82, 2.24) is 10.6 Å². The highest BCUT2D eigenvalue weighted by Crippen LogP contribution is 2.36. The molecule has 144 valence electrons. The van der Waals surface area contributed by atoms with Gasteiger partial charge in [0.2, 0.25) is 5.91 Å². The Morgan fingerprint density at radius 2 is 1.92 bits per heavy atom. The summed E-state index contributed by atoms with van der Waals surface area (Å²) in [6.45, 7) is 3.52. The Morgan fingerprint density at radius 1 is 1.27 bits per heavy atom. The number of carbonyl (C=O) groups is 3. The minimum absolute atomic E-state index is 0.0797. The number of likely N-dealkylation sites (N-methyl/N-ethyl adjacent to an activating group) is 1. The van der Waals surface area contributed by atoms with Crippen LogP contribution in [0, 0.1) is 5.92 Å². The molecule has 26 heavy (non-hydrogen) atoms. The highest BCUT2D eigenvalue weighted by molar-refractivity contribution is 6.32. The second kappa shape index (κ2) is 9.86. The van der Waals surface area contributed by atoms with E-state index in [2.05, 4.69) is 10.6 Å². The zero-order chi connectivity index (χ0) is 19.9. The molecule has 9 heteroatoms. The summed E-state index contributed by atoms with van der Waals surface area (Å²) in [5, 5.41) is 5.29. The fourth-order valence-corrected chi connectivity index (χ4v) is 2.52. The van der Waals surface area contributed by atoms with Crippen LogP contribution in [0.2, 0.25) is 5.02 Å². The van der Waals surface area contributed by atoms with E-state index in [1.54, 1.807) is 0 Å². The molecule has 1 rings (SSSR count). The first kappa shape index (κ1) is 21.6. The molecule has 4 N–H and O–H groups in total. The number of halogens is 1. The van der Waals surface area contributed by atoms with Gasteiger partial charge in [-0.1, -0.05) is 25.4 Å². The van der Waals surface area contributed by atoms with Crippen molar-refractivity contribution in [1.29, 1.82) is 0 Å². The molecular formula is C17H24ClN3O5. The molecule has 8 nitrogen and oxygen atoms in total. The number of hydrogen-bond donors (Lipinski definition) is 3. The Bertz CT molecular complexity index is 679. The summed E-state index contributed by atoms with van der Waals surface area (Å²) in [6.07, 6.45) is 0.482. The molecule has 1 unspecified atom stereocenters. The summed E-state index contributed by atoms with van der Waals surface area (Å²) in [5.41, 5.74) is 5.24. The van der Waals surface area contributed by atoms with Crippen LogP contribution in [0.25, 0.3) is 0 Å². The number of hydrogen-bond acceptors (Lipinski definition) is 5. The molecule has 0 aromatic heterocycles. The molecular weight excluding hydrogens is 362 g/mol. The molecule has 1 aromatic carbocycles. The number of primary amides is 1. The van der Waals surface area contributed by atoms with Crippen molar-refractivity contribution in [2.24, 2.45) is 11.7 Å². The van der Waals surface area contributed by atoms with Gasteiger partial charge in [-0.05, 0) is 24.5 Å². The van der Waals surface area contributed by atoms with Crippen LogP contribution >= 0.6 is 11.6 Å². The van der Waals surface area contributed by atoms with Crippen molar-refractivity contribution in [3.05, 3.63) is 22.7 Å². The lowest BCUT2D eigenvalue weighted by atomic mass is 10.0. The van der Waals surface area contributed by atoms with Crippen molar-refractivity contribution >= 4 is 29.3 Å². The van der Waals surface area contributed by atoms with Gasteiger partial charge < -0.3 is 25.8 Å². The van der Waals surface area contributed by atoms with Crippen molar-refractivity contribution in [3.8, 4) is 11.5 Å². The maximum atomic E-state index is 12.5. The van der Waals surface area contributed by atoms with E-state index in [-0.39, 0.29) is 40.5 Å². The Labute approximate surface area is 157 Å². The smallest absolute Gasteiger partial charge is 0.255 e. The normalized spacial score (nSPS) is 11.6. The Balaban J connectivity index is 3.06. The first-order valence-electron chi connectivity index (χ1n) is 8.00. The number of rotatable bonds is 9. The predicted octanol–water partition coefficient (Wildman–Crippen LogP) is 1.10. The fraction of sp³-hybridized carbons (Fsp3) is 0.471. The highest BCUT2D eigenvalue weighted by Gasteiger charge is 2.23. The number of carbonyl (C=O) groups excluding carboxylic acids is 3. The van der Waals surface area contributed by atoms with Gasteiger partial charge in [0.1, 0.15) is 6.04 Å². The molecule has 1 aromatic rings. The first-order chi connectivity index (χ1) is 12.2. The first-order valence-corrected chi connectivity index (χ1v) is 8.38. The van der Waals surface area contributed by atoms with E-state index in [0.29, 0.717) is 6.42 Å². The van der Waals surface area contributed by atoms with Crippen LogP contribution < -0.4 is 25.8 Å². The van der Waals surface area contributed by atoms with Crippen LogP contribution in [0.1, 0.15) is 30.6 Å². The number of benzene rings is 1. The zero-order valence-electron chi connectivity index (χ0n) is 15.2. The van der Waals surface area contributed by atoms with Gasteiger partial charge in [-0.2, -0.15) is 0 Å². The third kappa shape index (κ3) is 6.11. The van der Waals surface area contributed by atoms with Crippen LogP contribution in [0.3, 0.4) is 0 Å². The van der Waals surface area contributed by atoms with Gasteiger partial charge in [-0.25, -0.2) is 0 Å². The quantitative estimate of drug-likeness (QED) is 0.588. The highest BCUT2D eigenvalue weighted by atomic mass is 35.5. The molecule has 0 aliphatic heterocycles. The van der Waals surface area contributed by atoms with E-state index in [4.69, 9.17) is 26.8 Å². The second-order valence-electron chi connectivity index (χ2n) is 6.01. The number of methoxy groups -OCH3 is 1. The molecule has 0 fully saturated rings. The van der Waals surface area contributed by atoms with Crippen molar-refractivity contribution in [3.63, 3.8) is 0 Å². The molecule has 0 heterocycles. The van der Waals surface area contributed by atoms with E-state index >= 15 is 0 Å². The summed E-state index contributed by atoms with van der Waals surface area (Å²) in [4.78, 5) is 35.4. The Hall–Kier alpha value is -2.48. The van der Waals surface area contributed by atoms with Crippen molar-refractivity contribution in [2.75, 3.05) is 20.8 Å². The van der Waals surface area contributed by atoms with Crippen LogP contribution in [0.15, 0.2) is 12.1 Å². The minimum atomic E-state index is -0.678. The zero-order valence-corrected chi connectivity index (χ0v) is 16.0. The largest absolute Gasteiger partial charge is 0.493 e. The summed E-state index contributed by atoms with van der Waals surface area (Å²) in [7, 11) is 2.88. The van der Waals surface area contributed by atoms with Crippen molar-refractivity contribution in [2.45, 2.75) is 26.3 Å². The third-order valence-corrected chi connectivity index (χ3v) is 3.71. The van der Waals surface area contributed by atoms with E-state index in [9.17, 15) is 14.4 Å². The van der Waals surface area contributed by atoms with E-state index < -0.39 is 17.9 Å². The van der Waals surface area contributed by atoms with E-state index in [1.807, 2.05) is 13.8 Å². The van der Waals surface area contributed by atoms with Crippen LogP contribution in [0.5, 0.6) is 11.5 Å². The standard InChI is InChI=1S/C17H24ClN3O5/c1-9(2)5-12(17(24)20-3)21-16(23)10-6-11(18)15(13(7-10)25-4)26-8-14(19)22/h6-7,9,12H,5,8H2,1-4H3,(H2,19,22)(H,20,24)(H,21,23). The van der Waals surface area contributed by atoms with Crippen LogP contribution in [-0.4, -0.2) is 44.5 Å². The van der Waals surface area contributed by atoms with Gasteiger partial charge in [0.05, 0.1) is 12.1 Å². The molecule has 0 saturated carbocycles. The number of nitrogens with two attached hydrogens (primary N) is 1. The average Bonchev–Trinajstić information content (AvgIpc) is 2.57. The van der Waals surface area contributed by atoms with Gasteiger partial charge in [0.25, 0.3) is 11.8 Å². The SMILES string of the molecule is CNC(=O)C(CC(C)C)NC(=O)c1cc(Cl)c(OCC(N)=O)c(OC)c1. The third-order valence-electron chi connectivity index (χ3n) is 3.43. The van der Waals surface area contributed by atoms with Gasteiger partial charge in [0, 0.05) is 12.6 Å². The lowest BCUT2D eigenvalue weighted by Gasteiger charge is -2.20. The predicted molar refractivity (Wildman–Crippen MR) is 97.5 cm³/mol. The maximum Gasteiger partial charge on any atom is 0.255 e. The monoisotopic (exact) mass is 385 g/mol. The Kier molecular flexibility index (Phi) is 8.18. The van der Waals surface area contributed by atoms with Crippen LogP contribution in [-0.2, 0) is 9.59 Å². The summed E-state index contributed by atoms with van der Waals surface area (Å²) in [5.74, 6) is -0.960. The number of ether oxygens (including phenoxy) is 2. The van der Waals surface area contributed by atoms with E-state index in [0.717, 1.165) is 0 Å². The molecule has 0 aliphatic rings. The Morgan fingerprint density at radius 3 is 2.42 bits per heavy atom. The molecule has 3 amide bonds. The minimum Gasteiger partial charge on any atom is -0.493 e. The molecule has 0 radical (unpaired) electrons. The summed E-state index contributed by atoms with van der Waals surface area (Å²) in [6, 6.07) is 2.10. The fourth-order valence-electron chi connectivity index (χ4n) is 2.25. The number of nitrogens with one attached hydrogen (secondary N) is 2. The maximum absolute atomic E-state index is 12.5.